The number of carbonyl (C=O) groups is 2. The number of benzene rings is 2. The largest absolute Gasteiger partial charge is 0.507 e. The van der Waals surface area contributed by atoms with Crippen molar-refractivity contribution < 1.29 is 28.6 Å². The van der Waals surface area contributed by atoms with Crippen molar-refractivity contribution in [3.8, 4) is 11.5 Å². The second-order valence-corrected chi connectivity index (χ2v) is 8.66. The van der Waals surface area contributed by atoms with Gasteiger partial charge in [0.15, 0.2) is 11.5 Å². The highest BCUT2D eigenvalue weighted by Crippen LogP contribution is 2.41. The summed E-state index contributed by atoms with van der Waals surface area (Å²) in [6, 6.07) is 15.1. The summed E-state index contributed by atoms with van der Waals surface area (Å²) < 4.78 is 17.6. The predicted molar refractivity (Wildman–Crippen MR) is 123 cm³/mol. The molecule has 7 nitrogen and oxygen atoms in total. The third-order valence-electron chi connectivity index (χ3n) is 5.45. The number of halogens is 1. The Kier molecular flexibility index (Phi) is 5.38. The second-order valence-electron chi connectivity index (χ2n) is 7.42. The van der Waals surface area contributed by atoms with E-state index in [1.54, 1.807) is 30.3 Å². The fourth-order valence-corrected chi connectivity index (χ4v) is 4.31. The number of hydrogen-bond acceptors (Lipinski definition) is 6. The highest BCUT2D eigenvalue weighted by Gasteiger charge is 2.46. The van der Waals surface area contributed by atoms with Crippen LogP contribution in [-0.4, -0.2) is 34.9 Å². The zero-order chi connectivity index (χ0) is 22.2. The number of likely N-dealkylation sites (tertiary alicyclic amines) is 1. The highest BCUT2D eigenvalue weighted by molar-refractivity contribution is 14.1. The summed E-state index contributed by atoms with van der Waals surface area (Å²) >= 11 is 2.19. The molecule has 8 heteroatoms. The fraction of sp³-hybridized carbons (Fsp3) is 0.167. The first-order valence-corrected chi connectivity index (χ1v) is 11.1. The second kappa shape index (κ2) is 8.34. The number of furan rings is 1. The van der Waals surface area contributed by atoms with Gasteiger partial charge in [-0.2, -0.15) is 0 Å². The van der Waals surface area contributed by atoms with Gasteiger partial charge in [0, 0.05) is 9.13 Å². The maximum atomic E-state index is 13.1. The van der Waals surface area contributed by atoms with Gasteiger partial charge in [0.25, 0.3) is 11.7 Å². The quantitative estimate of drug-likeness (QED) is 0.229. The van der Waals surface area contributed by atoms with Crippen LogP contribution >= 0.6 is 22.6 Å². The zero-order valence-corrected chi connectivity index (χ0v) is 18.9. The van der Waals surface area contributed by atoms with Crippen molar-refractivity contribution in [3.05, 3.63) is 86.9 Å². The summed E-state index contributed by atoms with van der Waals surface area (Å²) in [7, 11) is 0. The lowest BCUT2D eigenvalue weighted by Gasteiger charge is -2.24. The van der Waals surface area contributed by atoms with Gasteiger partial charge in [-0.25, -0.2) is 0 Å². The van der Waals surface area contributed by atoms with Crippen LogP contribution in [0.4, 0.5) is 0 Å². The summed E-state index contributed by atoms with van der Waals surface area (Å²) in [5.41, 5.74) is 1.12. The summed E-state index contributed by atoms with van der Waals surface area (Å²) in [6.07, 6.45) is 1.51. The van der Waals surface area contributed by atoms with Crippen LogP contribution in [0.3, 0.4) is 0 Å². The Balaban J connectivity index is 1.63. The van der Waals surface area contributed by atoms with Crippen LogP contribution in [0.25, 0.3) is 5.76 Å². The van der Waals surface area contributed by atoms with E-state index >= 15 is 0 Å². The first-order chi connectivity index (χ1) is 15.5. The molecule has 2 aromatic carbocycles. The summed E-state index contributed by atoms with van der Waals surface area (Å²) in [4.78, 5) is 27.5. The minimum atomic E-state index is -0.759. The summed E-state index contributed by atoms with van der Waals surface area (Å²) in [6.45, 7) is 0.947. The molecule has 32 heavy (non-hydrogen) atoms. The molecule has 1 aromatic heterocycles. The van der Waals surface area contributed by atoms with Gasteiger partial charge >= 0.3 is 0 Å². The third-order valence-corrected chi connectivity index (χ3v) is 6.17. The molecule has 2 aliphatic heterocycles. The van der Waals surface area contributed by atoms with E-state index in [0.717, 1.165) is 9.13 Å². The summed E-state index contributed by atoms with van der Waals surface area (Å²) in [5, 5.41) is 11.2. The molecule has 1 unspecified atom stereocenters. The molecular formula is C24H18INO6. The van der Waals surface area contributed by atoms with Gasteiger partial charge in [-0.1, -0.05) is 12.1 Å². The van der Waals surface area contributed by atoms with Crippen molar-refractivity contribution in [2.75, 3.05) is 13.2 Å². The Hall–Kier alpha value is -3.27. The predicted octanol–water partition coefficient (Wildman–Crippen LogP) is 4.28. The van der Waals surface area contributed by atoms with Gasteiger partial charge in [0.2, 0.25) is 0 Å². The van der Waals surface area contributed by atoms with Gasteiger partial charge in [0.1, 0.15) is 24.7 Å². The van der Waals surface area contributed by atoms with E-state index in [9.17, 15) is 14.7 Å². The molecule has 1 saturated heterocycles. The number of aliphatic hydroxyl groups excluding tert-OH is 1. The molecule has 2 aliphatic rings. The van der Waals surface area contributed by atoms with E-state index in [-0.39, 0.29) is 17.9 Å². The summed E-state index contributed by atoms with van der Waals surface area (Å²) in [5.74, 6) is -0.0970. The standard InChI is InChI=1S/C24H18INO6/c25-16-6-3-14(4-7-16)21-20(23(28)24(29)26(21)13-17-2-1-9-30-17)22(27)15-5-8-18-19(12-15)32-11-10-31-18/h1-9,12,21,27H,10-11,13H2/b22-20+. The van der Waals surface area contributed by atoms with Crippen molar-refractivity contribution in [1.82, 2.24) is 4.90 Å². The number of fused-ring (bicyclic) bond motifs is 1. The van der Waals surface area contributed by atoms with Crippen molar-refractivity contribution >= 4 is 40.0 Å². The van der Waals surface area contributed by atoms with Crippen LogP contribution < -0.4 is 9.47 Å². The van der Waals surface area contributed by atoms with Crippen molar-refractivity contribution in [3.63, 3.8) is 0 Å². The van der Waals surface area contributed by atoms with Gasteiger partial charge in [-0.05, 0) is 70.6 Å². The van der Waals surface area contributed by atoms with Crippen LogP contribution in [0.5, 0.6) is 11.5 Å². The molecule has 0 spiro atoms. The Bertz CT molecular complexity index is 1220. The number of ether oxygens (including phenoxy) is 2. The minimum absolute atomic E-state index is 0.0273. The number of aliphatic hydroxyl groups is 1. The molecule has 1 amide bonds. The number of carbonyl (C=O) groups excluding carboxylic acids is 2. The topological polar surface area (TPSA) is 89.2 Å². The first kappa shape index (κ1) is 20.6. The molecular weight excluding hydrogens is 525 g/mol. The minimum Gasteiger partial charge on any atom is -0.507 e. The Morgan fingerprint density at radius 2 is 1.78 bits per heavy atom. The molecule has 0 saturated carbocycles. The third kappa shape index (κ3) is 3.64. The molecule has 0 bridgehead atoms. The van der Waals surface area contributed by atoms with Gasteiger partial charge in [-0.3, -0.25) is 9.59 Å². The number of nitrogens with zero attached hydrogens (tertiary/aromatic N) is 1. The normalized spacial score (nSPS) is 19.4. The smallest absolute Gasteiger partial charge is 0.296 e. The van der Waals surface area contributed by atoms with Crippen molar-refractivity contribution in [2.45, 2.75) is 12.6 Å². The van der Waals surface area contributed by atoms with Crippen LogP contribution in [0.1, 0.15) is 22.9 Å². The average molecular weight is 543 g/mol. The van der Waals surface area contributed by atoms with Crippen LogP contribution in [-0.2, 0) is 16.1 Å². The van der Waals surface area contributed by atoms with E-state index in [2.05, 4.69) is 22.6 Å². The van der Waals surface area contributed by atoms with E-state index < -0.39 is 17.7 Å². The van der Waals surface area contributed by atoms with E-state index in [1.807, 2.05) is 24.3 Å². The molecule has 3 heterocycles. The molecule has 1 N–H and O–H groups in total. The van der Waals surface area contributed by atoms with Crippen molar-refractivity contribution in [2.24, 2.45) is 0 Å². The molecule has 0 aliphatic carbocycles. The number of rotatable bonds is 4. The van der Waals surface area contributed by atoms with E-state index in [0.29, 0.717) is 36.0 Å². The number of amides is 1. The lowest BCUT2D eigenvalue weighted by molar-refractivity contribution is -0.140. The Labute approximate surface area is 197 Å². The van der Waals surface area contributed by atoms with Gasteiger partial charge < -0.3 is 23.9 Å². The molecule has 1 atom stereocenters. The molecule has 5 rings (SSSR count). The SMILES string of the molecule is O=C1C(=O)N(Cc2ccco2)C(c2ccc(I)cc2)/C1=C(\O)c1ccc2c(c1)OCCO2. The number of hydrogen-bond donors (Lipinski definition) is 1. The van der Waals surface area contributed by atoms with Crippen LogP contribution in [0.15, 0.2) is 70.9 Å². The molecule has 1 fully saturated rings. The maximum absolute atomic E-state index is 13.1. The van der Waals surface area contributed by atoms with E-state index in [1.165, 1.54) is 11.2 Å². The maximum Gasteiger partial charge on any atom is 0.296 e. The Morgan fingerprint density at radius 3 is 2.50 bits per heavy atom. The number of ketones is 1. The molecule has 0 radical (unpaired) electrons. The molecule has 162 valence electrons. The van der Waals surface area contributed by atoms with Crippen molar-refractivity contribution in [1.29, 1.82) is 0 Å². The zero-order valence-electron chi connectivity index (χ0n) is 16.8. The highest BCUT2D eigenvalue weighted by atomic mass is 127. The molecule has 3 aromatic rings. The van der Waals surface area contributed by atoms with E-state index in [4.69, 9.17) is 13.9 Å². The monoisotopic (exact) mass is 543 g/mol. The van der Waals surface area contributed by atoms with Crippen LogP contribution in [0, 0.1) is 3.57 Å². The van der Waals surface area contributed by atoms with Gasteiger partial charge in [-0.15, -0.1) is 0 Å². The first-order valence-electron chi connectivity index (χ1n) is 9.99. The van der Waals surface area contributed by atoms with Gasteiger partial charge in [0.05, 0.1) is 24.4 Å². The lowest BCUT2D eigenvalue weighted by Crippen LogP contribution is -2.29. The number of Topliss-reactive ketones (excluding diaryl/α,β-unsaturated/α-hetero) is 1. The average Bonchev–Trinajstić information content (AvgIpc) is 3.41. The fourth-order valence-electron chi connectivity index (χ4n) is 3.95. The van der Waals surface area contributed by atoms with Crippen LogP contribution in [0.2, 0.25) is 0 Å². The Morgan fingerprint density at radius 1 is 1.03 bits per heavy atom. The lowest BCUT2D eigenvalue weighted by atomic mass is 9.95.